The molecule has 0 saturated carbocycles. The quantitative estimate of drug-likeness (QED) is 0.803. The molecular formula is C14H16ClNO4. The molecule has 0 bridgehead atoms. The summed E-state index contributed by atoms with van der Waals surface area (Å²) < 4.78 is 10.1. The van der Waals surface area contributed by atoms with E-state index >= 15 is 0 Å². The van der Waals surface area contributed by atoms with E-state index in [4.69, 9.17) is 21.1 Å². The zero-order chi connectivity index (χ0) is 14.7. The molecule has 0 aliphatic carbocycles. The number of amides is 1. The van der Waals surface area contributed by atoms with Gasteiger partial charge in [0.1, 0.15) is 6.61 Å². The fraction of sp³-hybridized carbons (Fsp3) is 0.429. The van der Waals surface area contributed by atoms with Crippen molar-refractivity contribution in [2.45, 2.75) is 19.9 Å². The normalized spacial score (nSPS) is 19.1. The van der Waals surface area contributed by atoms with E-state index in [0.717, 1.165) is 0 Å². The van der Waals surface area contributed by atoms with Crippen LogP contribution < -0.4 is 4.90 Å². The van der Waals surface area contributed by atoms with Crippen LogP contribution in [-0.4, -0.2) is 37.7 Å². The van der Waals surface area contributed by atoms with Gasteiger partial charge < -0.3 is 14.4 Å². The molecule has 1 aromatic carbocycles. The number of hydrogen-bond donors (Lipinski definition) is 0. The minimum Gasteiger partial charge on any atom is -0.462 e. The van der Waals surface area contributed by atoms with Gasteiger partial charge in [-0.25, -0.2) is 4.79 Å². The van der Waals surface area contributed by atoms with Crippen LogP contribution >= 0.6 is 11.6 Å². The van der Waals surface area contributed by atoms with Gasteiger partial charge in [0, 0.05) is 0 Å². The van der Waals surface area contributed by atoms with Crippen molar-refractivity contribution in [3.8, 4) is 0 Å². The lowest BCUT2D eigenvalue weighted by molar-refractivity contribution is -0.127. The highest BCUT2D eigenvalue weighted by Gasteiger charge is 2.28. The number of carbonyl (C=O) groups excluding carboxylic acids is 2. The number of carbonyl (C=O) groups is 2. The van der Waals surface area contributed by atoms with Crippen LogP contribution in [0, 0.1) is 0 Å². The first-order chi connectivity index (χ1) is 9.54. The molecule has 0 aromatic heterocycles. The average Bonchev–Trinajstić information content (AvgIpc) is 2.40. The fourth-order valence-electron chi connectivity index (χ4n) is 2.12. The Labute approximate surface area is 122 Å². The van der Waals surface area contributed by atoms with E-state index in [1.807, 2.05) is 6.92 Å². The van der Waals surface area contributed by atoms with Crippen molar-refractivity contribution in [3.05, 3.63) is 28.8 Å². The predicted octanol–water partition coefficient (Wildman–Crippen LogP) is 2.27. The van der Waals surface area contributed by atoms with Crippen LogP contribution in [0.5, 0.6) is 0 Å². The number of hydrogen-bond acceptors (Lipinski definition) is 4. The number of morpholine rings is 1. The Bertz CT molecular complexity index is 532. The van der Waals surface area contributed by atoms with E-state index in [2.05, 4.69) is 0 Å². The second kappa shape index (κ2) is 6.24. The molecular weight excluding hydrogens is 282 g/mol. The summed E-state index contributed by atoms with van der Waals surface area (Å²) in [5.41, 5.74) is 0.953. The van der Waals surface area contributed by atoms with Gasteiger partial charge in [0.25, 0.3) is 5.91 Å². The summed E-state index contributed by atoms with van der Waals surface area (Å²) in [6, 6.07) is 4.69. The van der Waals surface area contributed by atoms with Gasteiger partial charge in [-0.2, -0.15) is 0 Å². The average molecular weight is 298 g/mol. The Morgan fingerprint density at radius 3 is 2.90 bits per heavy atom. The molecule has 1 unspecified atom stereocenters. The maximum atomic E-state index is 11.9. The van der Waals surface area contributed by atoms with Gasteiger partial charge >= 0.3 is 5.97 Å². The smallest absolute Gasteiger partial charge is 0.338 e. The summed E-state index contributed by atoms with van der Waals surface area (Å²) in [6.07, 6.45) is 0. The van der Waals surface area contributed by atoms with Gasteiger partial charge in [-0.1, -0.05) is 11.6 Å². The summed E-state index contributed by atoms with van der Waals surface area (Å²) in [5, 5.41) is 0.345. The number of nitrogens with zero attached hydrogens (tertiary/aromatic N) is 1. The summed E-state index contributed by atoms with van der Waals surface area (Å²) in [6.45, 7) is 4.42. The molecule has 1 fully saturated rings. The SMILES string of the molecule is CCOC(=O)c1ccc(N2C(=O)COCC2C)c(Cl)c1. The molecule has 2 rings (SSSR count). The Hall–Kier alpha value is -1.59. The lowest BCUT2D eigenvalue weighted by Gasteiger charge is -2.33. The van der Waals surface area contributed by atoms with E-state index in [1.165, 1.54) is 6.07 Å². The summed E-state index contributed by atoms with van der Waals surface area (Å²) in [4.78, 5) is 25.2. The molecule has 1 heterocycles. The largest absolute Gasteiger partial charge is 0.462 e. The molecule has 1 atom stereocenters. The van der Waals surface area contributed by atoms with E-state index in [1.54, 1.807) is 24.0 Å². The molecule has 0 radical (unpaired) electrons. The number of halogens is 1. The zero-order valence-corrected chi connectivity index (χ0v) is 12.1. The predicted molar refractivity (Wildman–Crippen MR) is 75.2 cm³/mol. The molecule has 1 aliphatic rings. The number of anilines is 1. The number of esters is 1. The van der Waals surface area contributed by atoms with Crippen molar-refractivity contribution >= 4 is 29.2 Å². The maximum Gasteiger partial charge on any atom is 0.338 e. The molecule has 108 valence electrons. The van der Waals surface area contributed by atoms with Gasteiger partial charge in [-0.05, 0) is 32.0 Å². The lowest BCUT2D eigenvalue weighted by atomic mass is 10.1. The van der Waals surface area contributed by atoms with Crippen molar-refractivity contribution in [1.82, 2.24) is 0 Å². The number of benzene rings is 1. The molecule has 5 nitrogen and oxygen atoms in total. The van der Waals surface area contributed by atoms with E-state index in [0.29, 0.717) is 29.5 Å². The Kier molecular flexibility index (Phi) is 4.62. The standard InChI is InChI=1S/C14H16ClNO4/c1-3-20-14(18)10-4-5-12(11(15)6-10)16-9(2)7-19-8-13(16)17/h4-6,9H,3,7-8H2,1-2H3. The first-order valence-electron chi connectivity index (χ1n) is 6.41. The van der Waals surface area contributed by atoms with Crippen LogP contribution in [0.15, 0.2) is 18.2 Å². The third-order valence-electron chi connectivity index (χ3n) is 3.01. The molecule has 1 aliphatic heterocycles. The van der Waals surface area contributed by atoms with Gasteiger partial charge in [-0.15, -0.1) is 0 Å². The van der Waals surface area contributed by atoms with Crippen molar-refractivity contribution in [2.24, 2.45) is 0 Å². The maximum absolute atomic E-state index is 11.9. The first-order valence-corrected chi connectivity index (χ1v) is 6.79. The van der Waals surface area contributed by atoms with Crippen LogP contribution in [0.2, 0.25) is 5.02 Å². The van der Waals surface area contributed by atoms with E-state index in [9.17, 15) is 9.59 Å². The van der Waals surface area contributed by atoms with Crippen molar-refractivity contribution in [2.75, 3.05) is 24.7 Å². The molecule has 0 N–H and O–H groups in total. The fourth-order valence-corrected chi connectivity index (χ4v) is 2.39. The Morgan fingerprint density at radius 2 is 2.30 bits per heavy atom. The summed E-state index contributed by atoms with van der Waals surface area (Å²) >= 11 is 6.20. The zero-order valence-electron chi connectivity index (χ0n) is 11.4. The number of ether oxygens (including phenoxy) is 2. The molecule has 1 aromatic rings. The van der Waals surface area contributed by atoms with Crippen LogP contribution in [0.3, 0.4) is 0 Å². The minimum atomic E-state index is -0.428. The highest BCUT2D eigenvalue weighted by molar-refractivity contribution is 6.34. The monoisotopic (exact) mass is 297 g/mol. The lowest BCUT2D eigenvalue weighted by Crippen LogP contribution is -2.48. The highest BCUT2D eigenvalue weighted by Crippen LogP contribution is 2.30. The molecule has 20 heavy (non-hydrogen) atoms. The van der Waals surface area contributed by atoms with Crippen LogP contribution in [0.25, 0.3) is 0 Å². The van der Waals surface area contributed by atoms with Gasteiger partial charge in [0.2, 0.25) is 0 Å². The van der Waals surface area contributed by atoms with Gasteiger partial charge in [0.15, 0.2) is 0 Å². The third kappa shape index (κ3) is 2.94. The third-order valence-corrected chi connectivity index (χ3v) is 3.32. The second-order valence-corrected chi connectivity index (χ2v) is 4.92. The van der Waals surface area contributed by atoms with E-state index in [-0.39, 0.29) is 18.6 Å². The molecule has 6 heteroatoms. The van der Waals surface area contributed by atoms with Gasteiger partial charge in [0.05, 0.1) is 35.5 Å². The minimum absolute atomic E-state index is 0.0420. The molecule has 0 spiro atoms. The second-order valence-electron chi connectivity index (χ2n) is 4.51. The van der Waals surface area contributed by atoms with Gasteiger partial charge in [-0.3, -0.25) is 4.79 Å². The first kappa shape index (κ1) is 14.8. The van der Waals surface area contributed by atoms with E-state index < -0.39 is 5.97 Å². The number of rotatable bonds is 3. The van der Waals surface area contributed by atoms with Crippen molar-refractivity contribution < 1.29 is 19.1 Å². The molecule has 1 saturated heterocycles. The van der Waals surface area contributed by atoms with Crippen LogP contribution in [0.1, 0.15) is 24.2 Å². The molecule has 1 amide bonds. The van der Waals surface area contributed by atoms with Crippen LogP contribution in [0.4, 0.5) is 5.69 Å². The van der Waals surface area contributed by atoms with Crippen molar-refractivity contribution in [3.63, 3.8) is 0 Å². The Morgan fingerprint density at radius 1 is 1.55 bits per heavy atom. The van der Waals surface area contributed by atoms with Crippen molar-refractivity contribution in [1.29, 1.82) is 0 Å². The highest BCUT2D eigenvalue weighted by atomic mass is 35.5. The summed E-state index contributed by atoms with van der Waals surface area (Å²) in [7, 11) is 0. The van der Waals surface area contributed by atoms with Crippen LogP contribution in [-0.2, 0) is 14.3 Å². The summed E-state index contributed by atoms with van der Waals surface area (Å²) in [5.74, 6) is -0.572. The topological polar surface area (TPSA) is 55.8 Å². The Balaban J connectivity index is 2.29.